The zero-order valence-electron chi connectivity index (χ0n) is 21.6. The number of nitro groups is 1. The Kier molecular flexibility index (Phi) is 8.80. The number of amides is 4. The minimum atomic E-state index is -0.714. The molecule has 1 fully saturated rings. The standard InChI is InChI=1S/C28H25BrN4O7/c1-3-39-24-13-19(22(29)14-25(24)40-16-18-7-5-9-21(11-18)33(37)38)12-23-27(35)32(28(36)31-23)15-26(34)30-20-8-4-6-17(2)10-20/h4-14H,3,15-16H2,1-2H3,(H,30,34)(H,31,36)/b23-12+. The second-order valence-corrected chi connectivity index (χ2v) is 9.62. The maximum absolute atomic E-state index is 13.0. The summed E-state index contributed by atoms with van der Waals surface area (Å²) in [5.74, 6) is -0.423. The summed E-state index contributed by atoms with van der Waals surface area (Å²) in [7, 11) is 0. The first-order valence-electron chi connectivity index (χ1n) is 12.2. The van der Waals surface area contributed by atoms with Gasteiger partial charge < -0.3 is 20.1 Å². The van der Waals surface area contributed by atoms with Crippen LogP contribution in [0.4, 0.5) is 16.2 Å². The van der Waals surface area contributed by atoms with Gasteiger partial charge in [0.15, 0.2) is 11.5 Å². The third-order valence-corrected chi connectivity index (χ3v) is 6.43. The van der Waals surface area contributed by atoms with Gasteiger partial charge in [0, 0.05) is 22.3 Å². The van der Waals surface area contributed by atoms with Gasteiger partial charge in [-0.25, -0.2) is 9.69 Å². The number of nitro benzene ring substituents is 1. The van der Waals surface area contributed by atoms with Gasteiger partial charge in [-0.2, -0.15) is 0 Å². The third kappa shape index (κ3) is 6.83. The van der Waals surface area contributed by atoms with E-state index in [0.717, 1.165) is 10.5 Å². The molecule has 1 heterocycles. The van der Waals surface area contributed by atoms with Crippen LogP contribution in [0.3, 0.4) is 0 Å². The summed E-state index contributed by atoms with van der Waals surface area (Å²) in [6.45, 7) is 3.61. The van der Waals surface area contributed by atoms with Crippen molar-refractivity contribution in [1.82, 2.24) is 10.2 Å². The van der Waals surface area contributed by atoms with E-state index in [4.69, 9.17) is 9.47 Å². The van der Waals surface area contributed by atoms with E-state index in [0.29, 0.717) is 39.4 Å². The fourth-order valence-electron chi connectivity index (χ4n) is 3.90. The molecule has 4 rings (SSSR count). The van der Waals surface area contributed by atoms with Crippen molar-refractivity contribution in [3.05, 3.63) is 97.6 Å². The zero-order chi connectivity index (χ0) is 28.8. The number of ether oxygens (including phenoxy) is 2. The summed E-state index contributed by atoms with van der Waals surface area (Å²) in [5, 5.41) is 16.2. The molecule has 1 saturated heterocycles. The van der Waals surface area contributed by atoms with Crippen LogP contribution >= 0.6 is 15.9 Å². The van der Waals surface area contributed by atoms with Gasteiger partial charge in [-0.3, -0.25) is 19.7 Å². The van der Waals surface area contributed by atoms with Gasteiger partial charge in [0.2, 0.25) is 5.91 Å². The van der Waals surface area contributed by atoms with Crippen molar-refractivity contribution < 1.29 is 28.8 Å². The van der Waals surface area contributed by atoms with Gasteiger partial charge in [-0.1, -0.05) is 40.2 Å². The molecule has 40 heavy (non-hydrogen) atoms. The van der Waals surface area contributed by atoms with Crippen molar-refractivity contribution in [2.75, 3.05) is 18.5 Å². The largest absolute Gasteiger partial charge is 0.490 e. The number of carbonyl (C=O) groups is 3. The second kappa shape index (κ2) is 12.4. The fraction of sp³-hybridized carbons (Fsp3) is 0.179. The van der Waals surface area contributed by atoms with E-state index in [1.54, 1.807) is 49.4 Å². The van der Waals surface area contributed by atoms with Crippen LogP contribution in [0.5, 0.6) is 11.5 Å². The highest BCUT2D eigenvalue weighted by Crippen LogP contribution is 2.36. The van der Waals surface area contributed by atoms with E-state index in [9.17, 15) is 24.5 Å². The molecule has 4 amide bonds. The number of rotatable bonds is 10. The molecule has 3 aromatic rings. The molecule has 0 aliphatic carbocycles. The Labute approximate surface area is 238 Å². The van der Waals surface area contributed by atoms with Crippen molar-refractivity contribution in [3.8, 4) is 11.5 Å². The van der Waals surface area contributed by atoms with Crippen LogP contribution in [-0.4, -0.2) is 40.8 Å². The van der Waals surface area contributed by atoms with Crippen LogP contribution in [0.2, 0.25) is 0 Å². The Morgan fingerprint density at radius 3 is 2.58 bits per heavy atom. The van der Waals surface area contributed by atoms with Crippen molar-refractivity contribution in [2.45, 2.75) is 20.5 Å². The van der Waals surface area contributed by atoms with Gasteiger partial charge in [0.25, 0.3) is 11.6 Å². The van der Waals surface area contributed by atoms with Crippen LogP contribution in [0.25, 0.3) is 6.08 Å². The lowest BCUT2D eigenvalue weighted by Crippen LogP contribution is -2.38. The number of non-ortho nitro benzene ring substituents is 1. The predicted octanol–water partition coefficient (Wildman–Crippen LogP) is 5.17. The van der Waals surface area contributed by atoms with Crippen LogP contribution < -0.4 is 20.1 Å². The lowest BCUT2D eigenvalue weighted by atomic mass is 10.1. The average Bonchev–Trinajstić information content (AvgIpc) is 3.17. The van der Waals surface area contributed by atoms with E-state index in [1.165, 1.54) is 18.2 Å². The minimum absolute atomic E-state index is 0.0123. The normalized spacial score (nSPS) is 13.8. The first-order valence-corrected chi connectivity index (χ1v) is 13.0. The highest BCUT2D eigenvalue weighted by Gasteiger charge is 2.35. The molecule has 0 unspecified atom stereocenters. The third-order valence-electron chi connectivity index (χ3n) is 5.74. The van der Waals surface area contributed by atoms with Gasteiger partial charge in [0.1, 0.15) is 18.8 Å². The van der Waals surface area contributed by atoms with E-state index in [1.807, 2.05) is 13.0 Å². The number of imide groups is 1. The van der Waals surface area contributed by atoms with Crippen LogP contribution in [0.1, 0.15) is 23.6 Å². The van der Waals surface area contributed by atoms with Crippen LogP contribution in [0.15, 0.2) is 70.8 Å². The van der Waals surface area contributed by atoms with Gasteiger partial charge in [-0.05, 0) is 60.9 Å². The van der Waals surface area contributed by atoms with Gasteiger partial charge >= 0.3 is 6.03 Å². The van der Waals surface area contributed by atoms with Crippen molar-refractivity contribution in [1.29, 1.82) is 0 Å². The second-order valence-electron chi connectivity index (χ2n) is 8.77. The Morgan fingerprint density at radius 2 is 1.85 bits per heavy atom. The Hall–Kier alpha value is -4.71. The first kappa shape index (κ1) is 28.3. The van der Waals surface area contributed by atoms with Crippen molar-refractivity contribution in [3.63, 3.8) is 0 Å². The number of hydrogen-bond donors (Lipinski definition) is 2. The number of nitrogens with one attached hydrogen (secondary N) is 2. The maximum Gasteiger partial charge on any atom is 0.329 e. The zero-order valence-corrected chi connectivity index (χ0v) is 23.2. The number of nitrogens with zero attached hydrogens (tertiary/aromatic N) is 2. The monoisotopic (exact) mass is 608 g/mol. The Balaban J connectivity index is 1.49. The Bertz CT molecular complexity index is 1520. The van der Waals surface area contributed by atoms with Crippen LogP contribution in [0, 0.1) is 17.0 Å². The average molecular weight is 609 g/mol. The summed E-state index contributed by atoms with van der Waals surface area (Å²) < 4.78 is 12.1. The quantitative estimate of drug-likeness (QED) is 0.140. The SMILES string of the molecule is CCOc1cc(/C=C2/NC(=O)N(CC(=O)Nc3cccc(C)c3)C2=O)c(Br)cc1OCc1cccc([N+](=O)[O-])c1. The number of aryl methyl sites for hydroxylation is 1. The molecule has 0 atom stereocenters. The molecule has 206 valence electrons. The molecule has 1 aliphatic heterocycles. The molecule has 2 N–H and O–H groups in total. The number of hydrogen-bond acceptors (Lipinski definition) is 7. The smallest absolute Gasteiger partial charge is 0.329 e. The summed E-state index contributed by atoms with van der Waals surface area (Å²) >= 11 is 3.46. The summed E-state index contributed by atoms with van der Waals surface area (Å²) in [6.07, 6.45) is 1.47. The molecular weight excluding hydrogens is 584 g/mol. The molecule has 0 saturated carbocycles. The number of halogens is 1. The molecule has 12 heteroatoms. The lowest BCUT2D eigenvalue weighted by molar-refractivity contribution is -0.384. The topological polar surface area (TPSA) is 140 Å². The van der Waals surface area contributed by atoms with E-state index < -0.39 is 29.3 Å². The summed E-state index contributed by atoms with van der Waals surface area (Å²) in [5.41, 5.74) is 2.58. The molecule has 0 aromatic heterocycles. The van der Waals surface area contributed by atoms with Gasteiger partial charge in [0.05, 0.1) is 11.5 Å². The van der Waals surface area contributed by atoms with E-state index in [-0.39, 0.29) is 18.0 Å². The van der Waals surface area contributed by atoms with Gasteiger partial charge in [-0.15, -0.1) is 0 Å². The maximum atomic E-state index is 13.0. The summed E-state index contributed by atoms with van der Waals surface area (Å²) in [4.78, 5) is 49.3. The molecule has 3 aromatic carbocycles. The van der Waals surface area contributed by atoms with Crippen LogP contribution in [-0.2, 0) is 16.2 Å². The Morgan fingerprint density at radius 1 is 1.10 bits per heavy atom. The van der Waals surface area contributed by atoms with Crippen molar-refractivity contribution >= 4 is 51.2 Å². The van der Waals surface area contributed by atoms with E-state index in [2.05, 4.69) is 26.6 Å². The first-order chi connectivity index (χ1) is 19.1. The molecule has 0 spiro atoms. The minimum Gasteiger partial charge on any atom is -0.490 e. The fourth-order valence-corrected chi connectivity index (χ4v) is 4.34. The molecule has 11 nitrogen and oxygen atoms in total. The van der Waals surface area contributed by atoms with Crippen molar-refractivity contribution in [2.24, 2.45) is 0 Å². The lowest BCUT2D eigenvalue weighted by Gasteiger charge is -2.14. The molecular formula is C28H25BrN4O7. The highest BCUT2D eigenvalue weighted by molar-refractivity contribution is 9.10. The van der Waals surface area contributed by atoms with E-state index >= 15 is 0 Å². The molecule has 0 radical (unpaired) electrons. The summed E-state index contributed by atoms with van der Waals surface area (Å²) in [6, 6.07) is 15.8. The number of carbonyl (C=O) groups excluding carboxylic acids is 3. The molecule has 0 bridgehead atoms. The highest BCUT2D eigenvalue weighted by atomic mass is 79.9. The predicted molar refractivity (Wildman–Crippen MR) is 151 cm³/mol. The number of benzene rings is 3. The number of urea groups is 1. The number of anilines is 1. The molecule has 1 aliphatic rings.